The summed E-state index contributed by atoms with van der Waals surface area (Å²) in [5.41, 5.74) is 2.25. The van der Waals surface area contributed by atoms with Crippen molar-refractivity contribution < 1.29 is 13.9 Å². The Morgan fingerprint density at radius 3 is 2.65 bits per heavy atom. The van der Waals surface area contributed by atoms with Crippen molar-refractivity contribution >= 4 is 5.91 Å². The van der Waals surface area contributed by atoms with E-state index in [0.29, 0.717) is 24.5 Å². The molecular formula is C23H32FN5O2. The average Bonchev–Trinajstić information content (AvgIpc) is 3.15. The van der Waals surface area contributed by atoms with Crippen molar-refractivity contribution in [3.05, 3.63) is 41.8 Å². The number of benzene rings is 1. The Morgan fingerprint density at radius 1 is 1.23 bits per heavy atom. The highest BCUT2D eigenvalue weighted by Crippen LogP contribution is 2.23. The Labute approximate surface area is 183 Å². The number of likely N-dealkylation sites (tertiary alicyclic amines) is 1. The van der Waals surface area contributed by atoms with Crippen LogP contribution in [-0.2, 0) is 23.1 Å². The van der Waals surface area contributed by atoms with Gasteiger partial charge in [-0.1, -0.05) is 12.1 Å². The first kappa shape index (κ1) is 21.9. The van der Waals surface area contributed by atoms with E-state index < -0.39 is 0 Å². The number of hydrogen-bond donors (Lipinski definition) is 1. The highest BCUT2D eigenvalue weighted by atomic mass is 19.1. The summed E-state index contributed by atoms with van der Waals surface area (Å²) in [4.78, 5) is 17.2. The fraction of sp³-hybridized carbons (Fsp3) is 0.565. The van der Waals surface area contributed by atoms with Crippen molar-refractivity contribution in [2.45, 2.75) is 38.4 Å². The van der Waals surface area contributed by atoms with Gasteiger partial charge in [0.05, 0.1) is 30.6 Å². The van der Waals surface area contributed by atoms with Gasteiger partial charge in [0.2, 0.25) is 5.91 Å². The summed E-state index contributed by atoms with van der Waals surface area (Å²) in [6.45, 7) is 7.59. The molecule has 2 fully saturated rings. The Balaban J connectivity index is 1.28. The van der Waals surface area contributed by atoms with Crippen LogP contribution in [0, 0.1) is 5.82 Å². The third-order valence-corrected chi connectivity index (χ3v) is 6.42. The molecule has 2 aromatic rings. The van der Waals surface area contributed by atoms with E-state index >= 15 is 0 Å². The van der Waals surface area contributed by atoms with Crippen LogP contribution >= 0.6 is 0 Å². The molecule has 1 atom stereocenters. The number of nitrogens with one attached hydrogen (secondary N) is 1. The molecule has 1 aromatic heterocycles. The van der Waals surface area contributed by atoms with Gasteiger partial charge in [-0.15, -0.1) is 0 Å². The van der Waals surface area contributed by atoms with E-state index in [4.69, 9.17) is 4.74 Å². The minimum absolute atomic E-state index is 0.113. The van der Waals surface area contributed by atoms with Gasteiger partial charge in [-0.2, -0.15) is 5.10 Å². The van der Waals surface area contributed by atoms with Crippen LogP contribution in [0.5, 0.6) is 0 Å². The Kier molecular flexibility index (Phi) is 6.99. The topological polar surface area (TPSA) is 62.6 Å². The van der Waals surface area contributed by atoms with Crippen molar-refractivity contribution in [3.63, 3.8) is 0 Å². The van der Waals surface area contributed by atoms with Crippen LogP contribution in [-0.4, -0.2) is 77.0 Å². The van der Waals surface area contributed by atoms with E-state index in [2.05, 4.69) is 20.2 Å². The molecule has 1 amide bonds. The molecule has 31 heavy (non-hydrogen) atoms. The fourth-order valence-electron chi connectivity index (χ4n) is 4.37. The lowest BCUT2D eigenvalue weighted by atomic mass is 10.0. The highest BCUT2D eigenvalue weighted by molar-refractivity contribution is 5.81. The second-order valence-corrected chi connectivity index (χ2v) is 8.51. The normalized spacial score (nSPS) is 20.0. The summed E-state index contributed by atoms with van der Waals surface area (Å²) >= 11 is 0. The SMILES string of the molecule is C[C@H](C(=O)NC1CCN(Cc2cc(-c3ccccc3F)nn2C)CC1)N1CCOCC1. The molecular weight excluding hydrogens is 397 g/mol. The van der Waals surface area contributed by atoms with Gasteiger partial charge in [0, 0.05) is 51.4 Å². The van der Waals surface area contributed by atoms with Crippen LogP contribution in [0.25, 0.3) is 11.3 Å². The number of aromatic nitrogens is 2. The standard InChI is InChI=1S/C23H32FN5O2/c1-17(29-11-13-31-14-12-29)23(30)25-18-7-9-28(10-8-18)16-19-15-22(26-27(19)2)20-5-3-4-6-21(20)24/h3-6,15,17-18H,7-14,16H2,1-2H3,(H,25,30)/t17-/m1/s1. The van der Waals surface area contributed by atoms with Crippen molar-refractivity contribution in [2.24, 2.45) is 7.05 Å². The van der Waals surface area contributed by atoms with Crippen molar-refractivity contribution in [2.75, 3.05) is 39.4 Å². The molecule has 8 heteroatoms. The molecule has 0 spiro atoms. The van der Waals surface area contributed by atoms with E-state index in [1.807, 2.05) is 30.8 Å². The predicted molar refractivity (Wildman–Crippen MR) is 117 cm³/mol. The molecule has 0 unspecified atom stereocenters. The smallest absolute Gasteiger partial charge is 0.237 e. The lowest BCUT2D eigenvalue weighted by molar-refractivity contribution is -0.128. The maximum atomic E-state index is 14.1. The van der Waals surface area contributed by atoms with Gasteiger partial charge in [0.1, 0.15) is 5.82 Å². The van der Waals surface area contributed by atoms with Crippen LogP contribution in [0.4, 0.5) is 4.39 Å². The van der Waals surface area contributed by atoms with Gasteiger partial charge in [0.25, 0.3) is 0 Å². The fourth-order valence-corrected chi connectivity index (χ4v) is 4.37. The lowest BCUT2D eigenvalue weighted by Crippen LogP contribution is -2.53. The lowest BCUT2D eigenvalue weighted by Gasteiger charge is -2.35. The second kappa shape index (κ2) is 9.89. The average molecular weight is 430 g/mol. The van der Waals surface area contributed by atoms with Gasteiger partial charge in [-0.3, -0.25) is 19.3 Å². The number of carbonyl (C=O) groups excluding carboxylic acids is 1. The van der Waals surface area contributed by atoms with E-state index in [1.165, 1.54) is 6.07 Å². The quantitative estimate of drug-likeness (QED) is 0.761. The molecule has 3 heterocycles. The van der Waals surface area contributed by atoms with Gasteiger partial charge in [-0.25, -0.2) is 4.39 Å². The van der Waals surface area contributed by atoms with Gasteiger partial charge in [-0.05, 0) is 38.0 Å². The maximum absolute atomic E-state index is 14.1. The summed E-state index contributed by atoms with van der Waals surface area (Å²) in [6.07, 6.45) is 1.86. The molecule has 1 N–H and O–H groups in total. The summed E-state index contributed by atoms with van der Waals surface area (Å²) in [7, 11) is 1.90. The number of ether oxygens (including phenoxy) is 1. The van der Waals surface area contributed by atoms with Gasteiger partial charge < -0.3 is 10.1 Å². The monoisotopic (exact) mass is 429 g/mol. The maximum Gasteiger partial charge on any atom is 0.237 e. The number of hydrogen-bond acceptors (Lipinski definition) is 5. The first-order valence-electron chi connectivity index (χ1n) is 11.1. The molecule has 2 aliphatic rings. The van der Waals surface area contributed by atoms with Crippen molar-refractivity contribution in [3.8, 4) is 11.3 Å². The molecule has 0 aliphatic carbocycles. The number of aryl methyl sites for hydroxylation is 1. The third kappa shape index (κ3) is 5.31. The molecule has 0 saturated carbocycles. The Morgan fingerprint density at radius 2 is 1.94 bits per heavy atom. The third-order valence-electron chi connectivity index (χ3n) is 6.42. The van der Waals surface area contributed by atoms with Crippen molar-refractivity contribution in [1.29, 1.82) is 0 Å². The Bertz CT molecular complexity index is 888. The number of nitrogens with zero attached hydrogens (tertiary/aromatic N) is 4. The minimum atomic E-state index is -0.255. The first-order valence-corrected chi connectivity index (χ1v) is 11.1. The molecule has 1 aromatic carbocycles. The summed E-state index contributed by atoms with van der Waals surface area (Å²) < 4.78 is 21.3. The highest BCUT2D eigenvalue weighted by Gasteiger charge is 2.27. The molecule has 168 valence electrons. The largest absolute Gasteiger partial charge is 0.379 e. The zero-order valence-electron chi connectivity index (χ0n) is 18.4. The van der Waals surface area contributed by atoms with E-state index in [0.717, 1.165) is 51.3 Å². The molecule has 0 bridgehead atoms. The van der Waals surface area contributed by atoms with Crippen LogP contribution < -0.4 is 5.32 Å². The van der Waals surface area contributed by atoms with Gasteiger partial charge in [0.15, 0.2) is 0 Å². The van der Waals surface area contributed by atoms with E-state index in [1.54, 1.807) is 12.1 Å². The number of piperidine rings is 1. The number of carbonyl (C=O) groups is 1. The zero-order chi connectivity index (χ0) is 21.8. The summed E-state index contributed by atoms with van der Waals surface area (Å²) in [5.74, 6) is -0.142. The minimum Gasteiger partial charge on any atom is -0.379 e. The van der Waals surface area contributed by atoms with Crippen LogP contribution in [0.2, 0.25) is 0 Å². The summed E-state index contributed by atoms with van der Waals surface area (Å²) in [6, 6.07) is 8.80. The van der Waals surface area contributed by atoms with Crippen molar-refractivity contribution in [1.82, 2.24) is 24.9 Å². The predicted octanol–water partition coefficient (Wildman–Crippen LogP) is 2.03. The number of amides is 1. The number of halogens is 1. The molecule has 4 rings (SSSR count). The number of morpholine rings is 1. The molecule has 2 aliphatic heterocycles. The first-order chi connectivity index (χ1) is 15.0. The second-order valence-electron chi connectivity index (χ2n) is 8.51. The molecule has 7 nitrogen and oxygen atoms in total. The van der Waals surface area contributed by atoms with E-state index in [-0.39, 0.29) is 23.8 Å². The number of rotatable bonds is 6. The van der Waals surface area contributed by atoms with Crippen LogP contribution in [0.15, 0.2) is 30.3 Å². The Hall–Kier alpha value is -2.29. The summed E-state index contributed by atoms with van der Waals surface area (Å²) in [5, 5.41) is 7.74. The van der Waals surface area contributed by atoms with Crippen LogP contribution in [0.1, 0.15) is 25.5 Å². The molecule has 2 saturated heterocycles. The molecule has 0 radical (unpaired) electrons. The van der Waals surface area contributed by atoms with Gasteiger partial charge >= 0.3 is 0 Å². The van der Waals surface area contributed by atoms with E-state index in [9.17, 15) is 9.18 Å². The van der Waals surface area contributed by atoms with Crippen LogP contribution in [0.3, 0.4) is 0 Å². The zero-order valence-corrected chi connectivity index (χ0v) is 18.4.